The fourth-order valence-corrected chi connectivity index (χ4v) is 2.89. The van der Waals surface area contributed by atoms with Crippen molar-refractivity contribution in [2.24, 2.45) is 0 Å². The van der Waals surface area contributed by atoms with Gasteiger partial charge in [-0.15, -0.1) is 0 Å². The predicted molar refractivity (Wildman–Crippen MR) is 92.7 cm³/mol. The van der Waals surface area contributed by atoms with Gasteiger partial charge >= 0.3 is 0 Å². The van der Waals surface area contributed by atoms with Gasteiger partial charge in [-0.3, -0.25) is 9.78 Å². The van der Waals surface area contributed by atoms with Gasteiger partial charge in [-0.25, -0.2) is 4.98 Å². The van der Waals surface area contributed by atoms with Gasteiger partial charge in [0, 0.05) is 43.8 Å². The Labute approximate surface area is 139 Å². The molecule has 0 aliphatic heterocycles. The molecule has 0 bridgehead atoms. The number of rotatable bonds is 3. The highest BCUT2D eigenvalue weighted by atomic mass is 16.2. The molecule has 0 saturated carbocycles. The molecule has 0 aliphatic carbocycles. The highest BCUT2D eigenvalue weighted by Crippen LogP contribution is 2.18. The summed E-state index contributed by atoms with van der Waals surface area (Å²) in [6, 6.07) is 13.6. The Bertz CT molecular complexity index is 1030. The maximum Gasteiger partial charge on any atom is 0.255 e. The summed E-state index contributed by atoms with van der Waals surface area (Å²) < 4.78 is 1.85. The molecule has 5 nitrogen and oxygen atoms in total. The molecule has 0 radical (unpaired) electrons. The van der Waals surface area contributed by atoms with Gasteiger partial charge in [0.25, 0.3) is 5.91 Å². The number of carbonyl (C=O) groups is 1. The monoisotopic (exact) mass is 316 g/mol. The van der Waals surface area contributed by atoms with E-state index >= 15 is 0 Å². The molecule has 5 heteroatoms. The summed E-state index contributed by atoms with van der Waals surface area (Å²) in [5, 5.41) is 1.07. The Morgan fingerprint density at radius 2 is 1.96 bits per heavy atom. The minimum Gasteiger partial charge on any atom is -0.337 e. The van der Waals surface area contributed by atoms with Crippen LogP contribution in [0.2, 0.25) is 0 Å². The lowest BCUT2D eigenvalue weighted by atomic mass is 10.1. The van der Waals surface area contributed by atoms with Gasteiger partial charge in [-0.2, -0.15) is 0 Å². The van der Waals surface area contributed by atoms with Gasteiger partial charge in [-0.05, 0) is 29.8 Å². The third kappa shape index (κ3) is 2.50. The van der Waals surface area contributed by atoms with Crippen molar-refractivity contribution in [1.29, 1.82) is 0 Å². The largest absolute Gasteiger partial charge is 0.337 e. The van der Waals surface area contributed by atoms with Crippen molar-refractivity contribution in [1.82, 2.24) is 19.3 Å². The van der Waals surface area contributed by atoms with Crippen LogP contribution in [0, 0.1) is 0 Å². The molecule has 3 aromatic heterocycles. The van der Waals surface area contributed by atoms with E-state index in [-0.39, 0.29) is 5.91 Å². The first-order valence-electron chi connectivity index (χ1n) is 7.73. The van der Waals surface area contributed by atoms with Crippen molar-refractivity contribution in [3.8, 4) is 0 Å². The first kappa shape index (κ1) is 14.4. The average Bonchev–Trinajstić information content (AvgIpc) is 3.09. The van der Waals surface area contributed by atoms with Gasteiger partial charge in [0.1, 0.15) is 5.65 Å². The molecule has 0 saturated heterocycles. The van der Waals surface area contributed by atoms with Gasteiger partial charge in [-0.1, -0.05) is 18.2 Å². The van der Waals surface area contributed by atoms with Crippen molar-refractivity contribution in [3.63, 3.8) is 0 Å². The first-order chi connectivity index (χ1) is 11.7. The molecule has 0 spiro atoms. The quantitative estimate of drug-likeness (QED) is 0.583. The number of imidazole rings is 1. The predicted octanol–water partition coefficient (Wildman–Crippen LogP) is 3.15. The number of nitrogens with zero attached hydrogens (tertiary/aromatic N) is 4. The SMILES string of the molecule is CN(Cc1ccnc2ccccc12)C(=O)c1ccc2nccn2c1. The summed E-state index contributed by atoms with van der Waals surface area (Å²) in [6.07, 6.45) is 7.15. The zero-order valence-electron chi connectivity index (χ0n) is 13.3. The number of hydrogen-bond acceptors (Lipinski definition) is 3. The van der Waals surface area contributed by atoms with E-state index in [1.54, 1.807) is 17.3 Å². The summed E-state index contributed by atoms with van der Waals surface area (Å²) in [7, 11) is 1.82. The lowest BCUT2D eigenvalue weighted by molar-refractivity contribution is 0.0785. The molecule has 0 N–H and O–H groups in total. The van der Waals surface area contributed by atoms with E-state index in [1.165, 1.54) is 0 Å². The zero-order valence-corrected chi connectivity index (χ0v) is 13.3. The van der Waals surface area contributed by atoms with Crippen molar-refractivity contribution in [3.05, 3.63) is 78.4 Å². The molecule has 3 heterocycles. The Balaban J connectivity index is 1.62. The Kier molecular flexibility index (Phi) is 3.46. The summed E-state index contributed by atoms with van der Waals surface area (Å²) in [4.78, 5) is 23.0. The van der Waals surface area contributed by atoms with E-state index in [9.17, 15) is 4.79 Å². The van der Waals surface area contributed by atoms with Gasteiger partial charge in [0.05, 0.1) is 11.1 Å². The summed E-state index contributed by atoms with van der Waals surface area (Å²) >= 11 is 0. The van der Waals surface area contributed by atoms with Crippen LogP contribution >= 0.6 is 0 Å². The molecular formula is C19H16N4O. The van der Waals surface area contributed by atoms with Crippen LogP contribution in [0.15, 0.2) is 67.3 Å². The van der Waals surface area contributed by atoms with Crippen LogP contribution in [0.5, 0.6) is 0 Å². The Morgan fingerprint density at radius 3 is 2.88 bits per heavy atom. The van der Waals surface area contributed by atoms with Crippen LogP contribution in [0.25, 0.3) is 16.6 Å². The first-order valence-corrected chi connectivity index (χ1v) is 7.73. The standard InChI is InChI=1S/C19H16N4O/c1-22(12-14-8-9-20-17-5-3-2-4-16(14)17)19(24)15-6-7-18-21-10-11-23(18)13-15/h2-11,13H,12H2,1H3. The second kappa shape index (κ2) is 5.77. The minimum absolute atomic E-state index is 0.0218. The van der Waals surface area contributed by atoms with E-state index < -0.39 is 0 Å². The number of amides is 1. The second-order valence-electron chi connectivity index (χ2n) is 5.76. The van der Waals surface area contributed by atoms with E-state index in [2.05, 4.69) is 9.97 Å². The molecule has 0 atom stereocenters. The van der Waals surface area contributed by atoms with Crippen LogP contribution in [0.3, 0.4) is 0 Å². The fourth-order valence-electron chi connectivity index (χ4n) is 2.89. The molecule has 4 aromatic rings. The molecule has 24 heavy (non-hydrogen) atoms. The van der Waals surface area contributed by atoms with Crippen LogP contribution in [-0.2, 0) is 6.54 Å². The van der Waals surface area contributed by atoms with E-state index in [1.807, 2.05) is 66.3 Å². The van der Waals surface area contributed by atoms with Crippen LogP contribution in [0.4, 0.5) is 0 Å². The highest BCUT2D eigenvalue weighted by molar-refractivity contribution is 5.94. The topological polar surface area (TPSA) is 50.5 Å². The van der Waals surface area contributed by atoms with Crippen molar-refractivity contribution < 1.29 is 4.79 Å². The third-order valence-electron chi connectivity index (χ3n) is 4.13. The molecule has 0 aliphatic rings. The van der Waals surface area contributed by atoms with Crippen molar-refractivity contribution in [2.75, 3.05) is 7.05 Å². The number of benzene rings is 1. The summed E-state index contributed by atoms with van der Waals surface area (Å²) in [5.41, 5.74) is 3.49. The highest BCUT2D eigenvalue weighted by Gasteiger charge is 2.14. The zero-order chi connectivity index (χ0) is 16.5. The molecule has 1 aromatic carbocycles. The number of aromatic nitrogens is 3. The lowest BCUT2D eigenvalue weighted by Gasteiger charge is -2.18. The lowest BCUT2D eigenvalue weighted by Crippen LogP contribution is -2.26. The van der Waals surface area contributed by atoms with Crippen LogP contribution in [-0.4, -0.2) is 32.2 Å². The van der Waals surface area contributed by atoms with Crippen molar-refractivity contribution >= 4 is 22.5 Å². The number of hydrogen-bond donors (Lipinski definition) is 0. The molecule has 1 amide bonds. The molecular weight excluding hydrogens is 300 g/mol. The van der Waals surface area contributed by atoms with Crippen LogP contribution < -0.4 is 0 Å². The maximum atomic E-state index is 12.7. The molecule has 0 unspecified atom stereocenters. The fraction of sp³-hybridized carbons (Fsp3) is 0.105. The van der Waals surface area contributed by atoms with Gasteiger partial charge in [0.15, 0.2) is 0 Å². The Hall–Kier alpha value is -3.21. The van der Waals surface area contributed by atoms with Crippen molar-refractivity contribution in [2.45, 2.75) is 6.54 Å². The van der Waals surface area contributed by atoms with E-state index in [4.69, 9.17) is 0 Å². The molecule has 118 valence electrons. The van der Waals surface area contributed by atoms with Gasteiger partial charge in [0.2, 0.25) is 0 Å². The van der Waals surface area contributed by atoms with E-state index in [0.717, 1.165) is 22.1 Å². The van der Waals surface area contributed by atoms with E-state index in [0.29, 0.717) is 12.1 Å². The number of fused-ring (bicyclic) bond motifs is 2. The Morgan fingerprint density at radius 1 is 1.08 bits per heavy atom. The third-order valence-corrected chi connectivity index (χ3v) is 4.13. The molecule has 0 fully saturated rings. The molecule has 4 rings (SSSR count). The number of pyridine rings is 2. The minimum atomic E-state index is -0.0218. The van der Waals surface area contributed by atoms with Gasteiger partial charge < -0.3 is 9.30 Å². The second-order valence-corrected chi connectivity index (χ2v) is 5.76. The number of para-hydroxylation sites is 1. The maximum absolute atomic E-state index is 12.7. The summed E-state index contributed by atoms with van der Waals surface area (Å²) in [5.74, 6) is -0.0218. The smallest absolute Gasteiger partial charge is 0.255 e. The van der Waals surface area contributed by atoms with Crippen LogP contribution in [0.1, 0.15) is 15.9 Å². The number of carbonyl (C=O) groups excluding carboxylic acids is 1. The normalized spacial score (nSPS) is 11.0. The summed E-state index contributed by atoms with van der Waals surface area (Å²) in [6.45, 7) is 0.532. The average molecular weight is 316 g/mol.